The Bertz CT molecular complexity index is 383. The fourth-order valence-corrected chi connectivity index (χ4v) is 18.8. The average molecular weight is 426 g/mol. The summed E-state index contributed by atoms with van der Waals surface area (Å²) < 4.78 is 11.2. The van der Waals surface area contributed by atoms with Crippen LogP contribution in [-0.2, 0) is 11.2 Å². The molecular weight excluding hydrogens is 389 g/mol. The Morgan fingerprint density at radius 1 is 0.913 bits per heavy atom. The van der Waals surface area contributed by atoms with Crippen LogP contribution in [-0.4, -0.2) is 37.1 Å². The molecule has 0 unspecified atom stereocenters. The van der Waals surface area contributed by atoms with Crippen LogP contribution in [0.5, 0.6) is 0 Å². The molecule has 0 saturated heterocycles. The summed E-state index contributed by atoms with van der Waals surface area (Å²) in [5.41, 5.74) is 1.32. The molecule has 0 amide bonds. The second-order valence-electron chi connectivity index (χ2n) is 6.89. The van der Waals surface area contributed by atoms with Crippen molar-refractivity contribution in [3.63, 3.8) is 0 Å². The topological polar surface area (TPSA) is 22.1 Å². The Kier molecular flexibility index (Phi) is 11.2. The number of aromatic nitrogens is 1. The first-order valence-electron chi connectivity index (χ1n) is 9.66. The third-order valence-electron chi connectivity index (χ3n) is 4.99. The van der Waals surface area contributed by atoms with Gasteiger partial charge in [0.05, 0.1) is 0 Å². The van der Waals surface area contributed by atoms with Gasteiger partial charge in [0.15, 0.2) is 0 Å². The zero-order valence-electron chi connectivity index (χ0n) is 15.9. The van der Waals surface area contributed by atoms with Crippen molar-refractivity contribution >= 4 is 22.1 Å². The Balaban J connectivity index is 2.97. The van der Waals surface area contributed by atoms with Crippen LogP contribution in [0, 0.1) is 0 Å². The quantitative estimate of drug-likeness (QED) is 0.398. The van der Waals surface area contributed by atoms with Crippen molar-refractivity contribution in [2.75, 3.05) is 13.7 Å². The van der Waals surface area contributed by atoms with E-state index >= 15 is 0 Å². The molecule has 0 aliphatic heterocycles. The van der Waals surface area contributed by atoms with E-state index < -0.39 is 18.4 Å². The van der Waals surface area contributed by atoms with Crippen LogP contribution in [0.25, 0.3) is 0 Å². The zero-order valence-corrected chi connectivity index (χ0v) is 18.7. The molecule has 3 heteroatoms. The molecule has 0 aliphatic rings. The van der Waals surface area contributed by atoms with Gasteiger partial charge in [-0.1, -0.05) is 0 Å². The molecule has 0 aliphatic carbocycles. The van der Waals surface area contributed by atoms with E-state index in [-0.39, 0.29) is 0 Å². The SMILES string of the molecule is CCC[CH2][Sn]([CH2]CCC)([CH2]CCC)[c]1ccc(CCOC)cn1. The Labute approximate surface area is 148 Å². The number of ether oxygens (including phenoxy) is 1. The fraction of sp³-hybridized carbons (Fsp3) is 0.750. The predicted octanol–water partition coefficient (Wildman–Crippen LogP) is 5.33. The summed E-state index contributed by atoms with van der Waals surface area (Å²) in [7, 11) is 1.77. The van der Waals surface area contributed by atoms with E-state index in [4.69, 9.17) is 9.72 Å². The fourth-order valence-electron chi connectivity index (χ4n) is 3.41. The van der Waals surface area contributed by atoms with Crippen LogP contribution in [0.2, 0.25) is 13.3 Å². The molecule has 0 fully saturated rings. The van der Waals surface area contributed by atoms with Crippen molar-refractivity contribution in [3.8, 4) is 0 Å². The molecule has 1 heterocycles. The molecule has 0 spiro atoms. The van der Waals surface area contributed by atoms with Gasteiger partial charge in [0.25, 0.3) is 0 Å². The molecule has 1 aromatic rings. The molecule has 1 rings (SSSR count). The second kappa shape index (κ2) is 12.3. The van der Waals surface area contributed by atoms with Crippen molar-refractivity contribution < 1.29 is 4.74 Å². The molecule has 0 radical (unpaired) electrons. The van der Waals surface area contributed by atoms with Gasteiger partial charge in [0.2, 0.25) is 0 Å². The van der Waals surface area contributed by atoms with E-state index in [1.807, 2.05) is 0 Å². The van der Waals surface area contributed by atoms with Crippen LogP contribution in [0.15, 0.2) is 18.3 Å². The summed E-state index contributed by atoms with van der Waals surface area (Å²) in [5.74, 6) is 0. The molecule has 1 aromatic heterocycles. The number of nitrogens with zero attached hydrogens (tertiary/aromatic N) is 1. The number of rotatable bonds is 13. The van der Waals surface area contributed by atoms with E-state index in [2.05, 4.69) is 39.1 Å². The van der Waals surface area contributed by atoms with Crippen molar-refractivity contribution in [3.05, 3.63) is 23.9 Å². The molecule has 23 heavy (non-hydrogen) atoms. The van der Waals surface area contributed by atoms with Crippen LogP contribution in [0.1, 0.15) is 64.9 Å². The zero-order chi connectivity index (χ0) is 17.0. The normalized spacial score (nSPS) is 11.8. The Morgan fingerprint density at radius 3 is 1.87 bits per heavy atom. The number of hydrogen-bond acceptors (Lipinski definition) is 2. The summed E-state index contributed by atoms with van der Waals surface area (Å²) in [4.78, 5) is 5.00. The van der Waals surface area contributed by atoms with Crippen molar-refractivity contribution in [1.82, 2.24) is 4.98 Å². The molecule has 132 valence electrons. The monoisotopic (exact) mass is 427 g/mol. The summed E-state index contributed by atoms with van der Waals surface area (Å²) in [5, 5.41) is 0. The van der Waals surface area contributed by atoms with E-state index in [1.165, 1.54) is 61.1 Å². The molecule has 0 N–H and O–H groups in total. The number of hydrogen-bond donors (Lipinski definition) is 0. The van der Waals surface area contributed by atoms with Gasteiger partial charge >= 0.3 is 148 Å². The Morgan fingerprint density at radius 2 is 1.48 bits per heavy atom. The molecular formula is C20H37NOSn. The van der Waals surface area contributed by atoms with Crippen molar-refractivity contribution in [1.29, 1.82) is 0 Å². The maximum atomic E-state index is 5.19. The van der Waals surface area contributed by atoms with Crippen LogP contribution < -0.4 is 3.71 Å². The molecule has 0 bridgehead atoms. The molecule has 0 atom stereocenters. The van der Waals surface area contributed by atoms with Crippen LogP contribution in [0.4, 0.5) is 0 Å². The summed E-state index contributed by atoms with van der Waals surface area (Å²) >= 11 is -2.31. The van der Waals surface area contributed by atoms with Gasteiger partial charge < -0.3 is 0 Å². The minimum absolute atomic E-state index is 0.789. The first-order chi connectivity index (χ1) is 11.2. The van der Waals surface area contributed by atoms with E-state index in [9.17, 15) is 0 Å². The summed E-state index contributed by atoms with van der Waals surface area (Å²) in [6, 6.07) is 4.71. The number of unbranched alkanes of at least 4 members (excludes halogenated alkanes) is 3. The van der Waals surface area contributed by atoms with Crippen molar-refractivity contribution in [2.45, 2.75) is 79.0 Å². The van der Waals surface area contributed by atoms with Crippen molar-refractivity contribution in [2.24, 2.45) is 0 Å². The van der Waals surface area contributed by atoms with Gasteiger partial charge in [-0.25, -0.2) is 0 Å². The number of pyridine rings is 1. The Hall–Kier alpha value is -0.0913. The second-order valence-corrected chi connectivity index (χ2v) is 19.9. The predicted molar refractivity (Wildman–Crippen MR) is 104 cm³/mol. The average Bonchev–Trinajstić information content (AvgIpc) is 2.60. The van der Waals surface area contributed by atoms with Gasteiger partial charge in [-0.3, -0.25) is 0 Å². The molecule has 0 saturated carbocycles. The summed E-state index contributed by atoms with van der Waals surface area (Å²) in [6.45, 7) is 7.78. The third kappa shape index (κ3) is 7.13. The first kappa shape index (κ1) is 21.0. The van der Waals surface area contributed by atoms with Gasteiger partial charge in [-0.15, -0.1) is 0 Å². The first-order valence-corrected chi connectivity index (χ1v) is 17.1. The maximum absolute atomic E-state index is 5.19. The van der Waals surface area contributed by atoms with Crippen LogP contribution >= 0.6 is 0 Å². The third-order valence-corrected chi connectivity index (χ3v) is 20.2. The standard InChI is InChI=1S/C8H10NO.3C4H9.Sn/c1-10-6-4-8-3-2-5-9-7-8;3*1-3-4-2;/h2-3,7H,4,6H2,1H3;3*1,3-4H2,2H3;. The number of methoxy groups -OCH3 is 1. The van der Waals surface area contributed by atoms with E-state index in [1.54, 1.807) is 7.11 Å². The molecule has 0 aromatic carbocycles. The molecule has 2 nitrogen and oxygen atoms in total. The van der Waals surface area contributed by atoms with Gasteiger partial charge in [-0.2, -0.15) is 0 Å². The summed E-state index contributed by atoms with van der Waals surface area (Å²) in [6.07, 6.45) is 11.3. The van der Waals surface area contributed by atoms with Crippen LogP contribution in [0.3, 0.4) is 0 Å². The van der Waals surface area contributed by atoms with E-state index in [0.29, 0.717) is 0 Å². The van der Waals surface area contributed by atoms with Gasteiger partial charge in [0, 0.05) is 0 Å². The van der Waals surface area contributed by atoms with Gasteiger partial charge in [-0.05, 0) is 0 Å². The van der Waals surface area contributed by atoms with E-state index in [0.717, 1.165) is 13.0 Å². The van der Waals surface area contributed by atoms with Gasteiger partial charge in [0.1, 0.15) is 0 Å². The minimum atomic E-state index is -2.31.